The molecule has 0 spiro atoms. The molecule has 1 heterocycles. The van der Waals surface area contributed by atoms with E-state index in [1.807, 2.05) is 0 Å². The van der Waals surface area contributed by atoms with E-state index in [4.69, 9.17) is 5.84 Å². The zero-order chi connectivity index (χ0) is 13.2. The van der Waals surface area contributed by atoms with Crippen LogP contribution in [-0.4, -0.2) is 41.7 Å². The van der Waals surface area contributed by atoms with Crippen molar-refractivity contribution in [3.8, 4) is 0 Å². The van der Waals surface area contributed by atoms with Crippen LogP contribution in [0.25, 0.3) is 0 Å². The minimum Gasteiger partial charge on any atom is -0.395 e. The fraction of sp³-hybridized carbons (Fsp3) is 0.923. The quantitative estimate of drug-likeness (QED) is 0.272. The van der Waals surface area contributed by atoms with Crippen molar-refractivity contribution >= 4 is 5.91 Å². The Morgan fingerprint density at radius 2 is 2.11 bits per heavy atom. The maximum absolute atomic E-state index is 10.9. The molecule has 18 heavy (non-hydrogen) atoms. The third-order valence-corrected chi connectivity index (χ3v) is 3.72. The summed E-state index contributed by atoms with van der Waals surface area (Å²) in [6.07, 6.45) is 8.41. The minimum atomic E-state index is -0.0852. The van der Waals surface area contributed by atoms with E-state index in [1.165, 1.54) is 19.3 Å². The summed E-state index contributed by atoms with van der Waals surface area (Å²) in [6, 6.07) is 0.347. The van der Waals surface area contributed by atoms with Crippen molar-refractivity contribution in [3.63, 3.8) is 0 Å². The zero-order valence-corrected chi connectivity index (χ0v) is 11.2. The monoisotopic (exact) mass is 257 g/mol. The Labute approximate surface area is 110 Å². The van der Waals surface area contributed by atoms with E-state index in [0.717, 1.165) is 38.8 Å². The van der Waals surface area contributed by atoms with Gasteiger partial charge in [0, 0.05) is 12.5 Å². The molecule has 1 aliphatic heterocycles. The van der Waals surface area contributed by atoms with Gasteiger partial charge in [0.2, 0.25) is 5.91 Å². The van der Waals surface area contributed by atoms with Gasteiger partial charge in [-0.1, -0.05) is 19.3 Å². The Kier molecular flexibility index (Phi) is 7.96. The molecule has 0 aromatic rings. The molecule has 1 unspecified atom stereocenters. The molecule has 5 heteroatoms. The number of likely N-dealkylation sites (tertiary alicyclic amines) is 1. The molecule has 0 saturated carbocycles. The van der Waals surface area contributed by atoms with Crippen LogP contribution in [0.3, 0.4) is 0 Å². The van der Waals surface area contributed by atoms with Crippen LogP contribution in [0, 0.1) is 0 Å². The zero-order valence-electron chi connectivity index (χ0n) is 11.2. The number of hydrogen-bond acceptors (Lipinski definition) is 4. The molecule has 0 radical (unpaired) electrons. The summed E-state index contributed by atoms with van der Waals surface area (Å²) in [7, 11) is 0. The van der Waals surface area contributed by atoms with Gasteiger partial charge < -0.3 is 5.11 Å². The number of carbonyl (C=O) groups is 1. The van der Waals surface area contributed by atoms with Crippen LogP contribution in [0.4, 0.5) is 0 Å². The SMILES string of the molecule is NNC(=O)CCCCCN1CCCCCC1CO. The molecule has 1 rings (SSSR count). The lowest BCUT2D eigenvalue weighted by Gasteiger charge is -2.28. The van der Waals surface area contributed by atoms with Crippen LogP contribution in [0.1, 0.15) is 51.4 Å². The second-order valence-electron chi connectivity index (χ2n) is 5.10. The average Bonchev–Trinajstić information content (AvgIpc) is 2.62. The summed E-state index contributed by atoms with van der Waals surface area (Å²) in [4.78, 5) is 13.4. The fourth-order valence-electron chi connectivity index (χ4n) is 2.59. The highest BCUT2D eigenvalue weighted by molar-refractivity contribution is 5.74. The third-order valence-electron chi connectivity index (χ3n) is 3.72. The number of rotatable bonds is 7. The van der Waals surface area contributed by atoms with E-state index in [2.05, 4.69) is 10.3 Å². The van der Waals surface area contributed by atoms with Crippen LogP contribution in [0.15, 0.2) is 0 Å². The predicted molar refractivity (Wildman–Crippen MR) is 71.7 cm³/mol. The van der Waals surface area contributed by atoms with Crippen molar-refractivity contribution in [1.82, 2.24) is 10.3 Å². The highest BCUT2D eigenvalue weighted by Crippen LogP contribution is 2.17. The second-order valence-corrected chi connectivity index (χ2v) is 5.10. The summed E-state index contributed by atoms with van der Waals surface area (Å²) in [5.74, 6) is 4.94. The highest BCUT2D eigenvalue weighted by Gasteiger charge is 2.19. The van der Waals surface area contributed by atoms with Crippen LogP contribution in [-0.2, 0) is 4.79 Å². The number of amides is 1. The lowest BCUT2D eigenvalue weighted by molar-refractivity contribution is -0.121. The van der Waals surface area contributed by atoms with E-state index < -0.39 is 0 Å². The number of aliphatic hydroxyl groups excluding tert-OH is 1. The maximum atomic E-state index is 10.9. The topological polar surface area (TPSA) is 78.6 Å². The molecule has 4 N–H and O–H groups in total. The molecular formula is C13H27N3O2. The number of carbonyl (C=O) groups excluding carboxylic acids is 1. The van der Waals surface area contributed by atoms with E-state index in [9.17, 15) is 9.90 Å². The normalized spacial score (nSPS) is 21.6. The lowest BCUT2D eigenvalue weighted by Crippen LogP contribution is -2.38. The van der Waals surface area contributed by atoms with Crippen molar-refractivity contribution < 1.29 is 9.90 Å². The Morgan fingerprint density at radius 1 is 1.28 bits per heavy atom. The molecule has 1 fully saturated rings. The van der Waals surface area contributed by atoms with Crippen molar-refractivity contribution in [2.45, 2.75) is 57.4 Å². The van der Waals surface area contributed by atoms with E-state index in [1.54, 1.807) is 0 Å². The van der Waals surface area contributed by atoms with Gasteiger partial charge in [-0.25, -0.2) is 5.84 Å². The average molecular weight is 257 g/mol. The van der Waals surface area contributed by atoms with Crippen LogP contribution in [0.5, 0.6) is 0 Å². The molecule has 5 nitrogen and oxygen atoms in total. The number of nitrogens with zero attached hydrogens (tertiary/aromatic N) is 1. The number of unbranched alkanes of at least 4 members (excludes halogenated alkanes) is 2. The maximum Gasteiger partial charge on any atom is 0.233 e. The number of aliphatic hydroxyl groups is 1. The van der Waals surface area contributed by atoms with Gasteiger partial charge in [0.1, 0.15) is 0 Å². The van der Waals surface area contributed by atoms with Gasteiger partial charge in [-0.05, 0) is 38.8 Å². The first-order valence-corrected chi connectivity index (χ1v) is 7.12. The molecule has 0 bridgehead atoms. The summed E-state index contributed by atoms with van der Waals surface area (Å²) >= 11 is 0. The number of nitrogens with one attached hydrogen (secondary N) is 1. The van der Waals surface area contributed by atoms with Gasteiger partial charge in [0.05, 0.1) is 6.61 Å². The van der Waals surface area contributed by atoms with Crippen molar-refractivity contribution in [2.24, 2.45) is 5.84 Å². The molecule has 1 aliphatic rings. The van der Waals surface area contributed by atoms with Gasteiger partial charge in [0.15, 0.2) is 0 Å². The van der Waals surface area contributed by atoms with Gasteiger partial charge in [-0.15, -0.1) is 0 Å². The van der Waals surface area contributed by atoms with Gasteiger partial charge in [0.25, 0.3) is 0 Å². The molecule has 0 aromatic heterocycles. The van der Waals surface area contributed by atoms with Crippen LogP contribution < -0.4 is 11.3 Å². The predicted octanol–water partition coefficient (Wildman–Crippen LogP) is 0.774. The van der Waals surface area contributed by atoms with Crippen molar-refractivity contribution in [2.75, 3.05) is 19.7 Å². The smallest absolute Gasteiger partial charge is 0.233 e. The third kappa shape index (κ3) is 5.80. The molecule has 1 atom stereocenters. The van der Waals surface area contributed by atoms with Gasteiger partial charge in [-0.2, -0.15) is 0 Å². The number of hydrogen-bond donors (Lipinski definition) is 3. The molecule has 106 valence electrons. The van der Waals surface area contributed by atoms with E-state index in [0.29, 0.717) is 12.5 Å². The van der Waals surface area contributed by atoms with E-state index in [-0.39, 0.29) is 12.5 Å². The Bertz CT molecular complexity index is 236. The number of hydrazine groups is 1. The molecule has 0 aliphatic carbocycles. The first kappa shape index (κ1) is 15.4. The van der Waals surface area contributed by atoms with Gasteiger partial charge >= 0.3 is 0 Å². The van der Waals surface area contributed by atoms with Crippen LogP contribution in [0.2, 0.25) is 0 Å². The fourth-order valence-corrected chi connectivity index (χ4v) is 2.59. The highest BCUT2D eigenvalue weighted by atomic mass is 16.3. The summed E-state index contributed by atoms with van der Waals surface area (Å²) in [5, 5.41) is 9.39. The van der Waals surface area contributed by atoms with Gasteiger partial charge in [-0.3, -0.25) is 15.1 Å². The lowest BCUT2D eigenvalue weighted by atomic mass is 10.1. The Morgan fingerprint density at radius 3 is 2.83 bits per heavy atom. The largest absolute Gasteiger partial charge is 0.395 e. The Hall–Kier alpha value is -0.650. The molecule has 1 saturated heterocycles. The van der Waals surface area contributed by atoms with Crippen molar-refractivity contribution in [3.05, 3.63) is 0 Å². The number of nitrogens with two attached hydrogens (primary N) is 1. The summed E-state index contributed by atoms with van der Waals surface area (Å²) < 4.78 is 0. The summed E-state index contributed by atoms with van der Waals surface area (Å²) in [5.41, 5.74) is 2.15. The molecular weight excluding hydrogens is 230 g/mol. The van der Waals surface area contributed by atoms with Crippen LogP contribution >= 0.6 is 0 Å². The first-order chi connectivity index (χ1) is 8.77. The molecule has 0 aromatic carbocycles. The van der Waals surface area contributed by atoms with Crippen molar-refractivity contribution in [1.29, 1.82) is 0 Å². The first-order valence-electron chi connectivity index (χ1n) is 7.12. The Balaban J connectivity index is 2.14. The standard InChI is InChI=1S/C13H27N3O2/c14-15-13(18)8-4-2-6-10-16-9-5-1-3-7-12(16)11-17/h12,17H,1-11,14H2,(H,15,18). The molecule has 1 amide bonds. The minimum absolute atomic E-state index is 0.0852. The second kappa shape index (κ2) is 9.30. The van der Waals surface area contributed by atoms with E-state index >= 15 is 0 Å². The summed E-state index contributed by atoms with van der Waals surface area (Å²) in [6.45, 7) is 2.42.